The van der Waals surface area contributed by atoms with Gasteiger partial charge in [0, 0.05) is 13.3 Å². The molecule has 1 heterocycles. The fourth-order valence-electron chi connectivity index (χ4n) is 0.880. The Bertz CT molecular complexity index is 198. The quantitative estimate of drug-likeness (QED) is 0.575. The lowest BCUT2D eigenvalue weighted by molar-refractivity contribution is 0.342. The van der Waals surface area contributed by atoms with E-state index in [1.165, 1.54) is 0 Å². The fraction of sp³-hybridized carbons (Fsp3) is 0.571. The predicted octanol–water partition coefficient (Wildman–Crippen LogP) is 0.644. The maximum Gasteiger partial charge on any atom is 0.181 e. The first-order valence-corrected chi connectivity index (χ1v) is 3.67. The van der Waals surface area contributed by atoms with Gasteiger partial charge in [0.1, 0.15) is 0 Å². The molecule has 4 heteroatoms. The Morgan fingerprint density at radius 1 is 1.82 bits per heavy atom. The van der Waals surface area contributed by atoms with Gasteiger partial charge in [0.2, 0.25) is 0 Å². The lowest BCUT2D eigenvalue weighted by atomic mass is 10.5. The molecule has 1 rings (SSSR count). The van der Waals surface area contributed by atoms with Gasteiger partial charge in [0.05, 0.1) is 6.54 Å². The SMILES string of the molecule is CCC=NC1=C(O)CNN1C. The van der Waals surface area contributed by atoms with Gasteiger partial charge in [0.25, 0.3) is 0 Å². The summed E-state index contributed by atoms with van der Waals surface area (Å²) < 4.78 is 0. The summed E-state index contributed by atoms with van der Waals surface area (Å²) in [5.41, 5.74) is 2.92. The number of hydrogen-bond acceptors (Lipinski definition) is 4. The van der Waals surface area contributed by atoms with E-state index in [4.69, 9.17) is 0 Å². The Kier molecular flexibility index (Phi) is 2.48. The van der Waals surface area contributed by atoms with Gasteiger partial charge in [0.15, 0.2) is 11.6 Å². The molecule has 62 valence electrons. The molecule has 0 aliphatic carbocycles. The highest BCUT2D eigenvalue weighted by molar-refractivity contribution is 5.58. The number of nitrogens with one attached hydrogen (secondary N) is 1. The van der Waals surface area contributed by atoms with Crippen LogP contribution < -0.4 is 5.43 Å². The van der Waals surface area contributed by atoms with Crippen LogP contribution in [0, 0.1) is 0 Å². The first-order chi connectivity index (χ1) is 5.25. The van der Waals surface area contributed by atoms with Crippen LogP contribution in [0.3, 0.4) is 0 Å². The summed E-state index contributed by atoms with van der Waals surface area (Å²) in [4.78, 5) is 4.07. The maximum atomic E-state index is 9.25. The molecular formula is C7H13N3O. The normalized spacial score (nSPS) is 18.9. The zero-order chi connectivity index (χ0) is 8.27. The second-order valence-electron chi connectivity index (χ2n) is 2.38. The molecule has 0 atom stereocenters. The highest BCUT2D eigenvalue weighted by atomic mass is 16.3. The van der Waals surface area contributed by atoms with Crippen LogP contribution in [0.4, 0.5) is 0 Å². The van der Waals surface area contributed by atoms with Crippen molar-refractivity contribution in [2.45, 2.75) is 13.3 Å². The zero-order valence-corrected chi connectivity index (χ0v) is 6.83. The molecule has 0 aromatic rings. The molecule has 0 aromatic carbocycles. The summed E-state index contributed by atoms with van der Waals surface area (Å²) in [6.07, 6.45) is 2.65. The van der Waals surface area contributed by atoms with E-state index < -0.39 is 0 Å². The van der Waals surface area contributed by atoms with E-state index in [2.05, 4.69) is 10.4 Å². The average Bonchev–Trinajstić information content (AvgIpc) is 2.29. The minimum atomic E-state index is 0.303. The molecule has 0 unspecified atom stereocenters. The Hall–Kier alpha value is -1.03. The molecule has 1 aliphatic heterocycles. The second-order valence-corrected chi connectivity index (χ2v) is 2.38. The summed E-state index contributed by atoms with van der Waals surface area (Å²) >= 11 is 0. The van der Waals surface area contributed by atoms with Crippen molar-refractivity contribution < 1.29 is 5.11 Å². The molecule has 0 amide bonds. The van der Waals surface area contributed by atoms with Crippen molar-refractivity contribution in [2.24, 2.45) is 4.99 Å². The van der Waals surface area contributed by atoms with Crippen LogP contribution in [0.5, 0.6) is 0 Å². The lowest BCUT2D eigenvalue weighted by Crippen LogP contribution is -2.26. The molecule has 0 spiro atoms. The van der Waals surface area contributed by atoms with Gasteiger partial charge < -0.3 is 5.11 Å². The van der Waals surface area contributed by atoms with E-state index in [0.29, 0.717) is 18.1 Å². The Morgan fingerprint density at radius 3 is 3.00 bits per heavy atom. The zero-order valence-electron chi connectivity index (χ0n) is 6.83. The van der Waals surface area contributed by atoms with Crippen molar-refractivity contribution in [3.8, 4) is 0 Å². The lowest BCUT2D eigenvalue weighted by Gasteiger charge is -2.10. The molecule has 11 heavy (non-hydrogen) atoms. The van der Waals surface area contributed by atoms with Crippen LogP contribution in [-0.2, 0) is 0 Å². The van der Waals surface area contributed by atoms with Crippen molar-refractivity contribution in [3.63, 3.8) is 0 Å². The first-order valence-electron chi connectivity index (χ1n) is 3.67. The average molecular weight is 155 g/mol. The molecule has 4 nitrogen and oxygen atoms in total. The molecule has 0 radical (unpaired) electrons. The first kappa shape index (κ1) is 8.07. The van der Waals surface area contributed by atoms with Gasteiger partial charge in [-0.2, -0.15) is 0 Å². The molecule has 0 bridgehead atoms. The van der Waals surface area contributed by atoms with Gasteiger partial charge >= 0.3 is 0 Å². The minimum absolute atomic E-state index is 0.303. The van der Waals surface area contributed by atoms with Crippen LogP contribution in [0.1, 0.15) is 13.3 Å². The number of hydrazine groups is 1. The van der Waals surface area contributed by atoms with Crippen LogP contribution >= 0.6 is 0 Å². The van der Waals surface area contributed by atoms with Gasteiger partial charge in [-0.15, -0.1) is 0 Å². The van der Waals surface area contributed by atoms with Crippen LogP contribution in [0.25, 0.3) is 0 Å². The molecular weight excluding hydrogens is 142 g/mol. The third kappa shape index (κ3) is 1.71. The van der Waals surface area contributed by atoms with Crippen molar-refractivity contribution in [1.82, 2.24) is 10.4 Å². The summed E-state index contributed by atoms with van der Waals surface area (Å²) in [5, 5.41) is 11.0. The molecule has 0 fully saturated rings. The molecule has 0 saturated carbocycles. The largest absolute Gasteiger partial charge is 0.507 e. The standard InChI is InChI=1S/C7H13N3O/c1-3-4-8-7-6(11)5-9-10(7)2/h4,9,11H,3,5H2,1-2H3. The summed E-state index contributed by atoms with van der Waals surface area (Å²) in [5.74, 6) is 0.920. The summed E-state index contributed by atoms with van der Waals surface area (Å²) in [7, 11) is 1.82. The van der Waals surface area contributed by atoms with Crippen LogP contribution in [0.15, 0.2) is 16.6 Å². The third-order valence-electron chi connectivity index (χ3n) is 1.46. The van der Waals surface area contributed by atoms with E-state index in [0.717, 1.165) is 6.42 Å². The number of aliphatic hydroxyl groups is 1. The fourth-order valence-corrected chi connectivity index (χ4v) is 0.880. The van der Waals surface area contributed by atoms with E-state index in [1.54, 1.807) is 11.2 Å². The van der Waals surface area contributed by atoms with Gasteiger partial charge in [-0.25, -0.2) is 10.4 Å². The van der Waals surface area contributed by atoms with Gasteiger partial charge in [-0.05, 0) is 6.42 Å². The smallest absolute Gasteiger partial charge is 0.181 e. The predicted molar refractivity (Wildman–Crippen MR) is 44.2 cm³/mol. The number of aliphatic imine (C=N–C) groups is 1. The number of hydrogen-bond donors (Lipinski definition) is 2. The van der Waals surface area contributed by atoms with Crippen LogP contribution in [0.2, 0.25) is 0 Å². The Morgan fingerprint density at radius 2 is 2.55 bits per heavy atom. The summed E-state index contributed by atoms with van der Waals surface area (Å²) in [6.45, 7) is 2.48. The van der Waals surface area contributed by atoms with Crippen molar-refractivity contribution >= 4 is 6.21 Å². The maximum absolute atomic E-state index is 9.25. The topological polar surface area (TPSA) is 47.9 Å². The van der Waals surface area contributed by atoms with E-state index in [1.807, 2.05) is 14.0 Å². The van der Waals surface area contributed by atoms with Gasteiger partial charge in [-0.1, -0.05) is 6.92 Å². The third-order valence-corrected chi connectivity index (χ3v) is 1.46. The minimum Gasteiger partial charge on any atom is -0.507 e. The number of nitrogens with zero attached hydrogens (tertiary/aromatic N) is 2. The molecule has 0 aromatic heterocycles. The Balaban J connectivity index is 2.67. The van der Waals surface area contributed by atoms with Gasteiger partial charge in [-0.3, -0.25) is 5.01 Å². The Labute approximate surface area is 66.2 Å². The van der Waals surface area contributed by atoms with E-state index >= 15 is 0 Å². The highest BCUT2D eigenvalue weighted by Gasteiger charge is 2.16. The molecule has 1 aliphatic rings. The van der Waals surface area contributed by atoms with Crippen molar-refractivity contribution in [2.75, 3.05) is 13.6 Å². The van der Waals surface area contributed by atoms with Crippen LogP contribution in [-0.4, -0.2) is 29.9 Å². The monoisotopic (exact) mass is 155 g/mol. The number of aliphatic hydroxyl groups excluding tert-OH is 1. The molecule has 2 N–H and O–H groups in total. The van der Waals surface area contributed by atoms with Crippen molar-refractivity contribution in [1.29, 1.82) is 0 Å². The highest BCUT2D eigenvalue weighted by Crippen LogP contribution is 2.10. The second kappa shape index (κ2) is 3.39. The molecule has 0 saturated heterocycles. The number of rotatable bonds is 2. The van der Waals surface area contributed by atoms with Crippen molar-refractivity contribution in [3.05, 3.63) is 11.6 Å². The summed E-state index contributed by atoms with van der Waals surface area (Å²) in [6, 6.07) is 0. The van der Waals surface area contributed by atoms with E-state index in [9.17, 15) is 5.11 Å². The van der Waals surface area contributed by atoms with E-state index in [-0.39, 0.29) is 0 Å².